The Hall–Kier alpha value is -3.57. The van der Waals surface area contributed by atoms with Crippen LogP contribution in [-0.2, 0) is 6.54 Å². The van der Waals surface area contributed by atoms with Gasteiger partial charge in [0, 0.05) is 12.4 Å². The number of anilines is 1. The van der Waals surface area contributed by atoms with E-state index < -0.39 is 0 Å². The van der Waals surface area contributed by atoms with Gasteiger partial charge in [0.05, 0.1) is 35.5 Å². The van der Waals surface area contributed by atoms with Crippen molar-refractivity contribution in [2.45, 2.75) is 6.54 Å². The lowest BCUT2D eigenvalue weighted by atomic mass is 10.1. The van der Waals surface area contributed by atoms with Gasteiger partial charge in [-0.2, -0.15) is 10.5 Å². The summed E-state index contributed by atoms with van der Waals surface area (Å²) >= 11 is 0. The van der Waals surface area contributed by atoms with Crippen LogP contribution >= 0.6 is 0 Å². The van der Waals surface area contributed by atoms with Crippen LogP contribution < -0.4 is 5.01 Å². The topological polar surface area (TPSA) is 68.6 Å². The minimum atomic E-state index is 0.619. The van der Waals surface area contributed by atoms with E-state index >= 15 is 0 Å². The summed E-state index contributed by atoms with van der Waals surface area (Å²) in [6.07, 6.45) is 5.30. The first-order valence-corrected chi connectivity index (χ1v) is 7.05. The molecule has 0 unspecified atom stereocenters. The minimum Gasteiger partial charge on any atom is -0.276 e. The fourth-order valence-electron chi connectivity index (χ4n) is 2.27. The quantitative estimate of drug-likeness (QED) is 0.742. The predicted octanol–water partition coefficient (Wildman–Crippen LogP) is 3.10. The molecule has 0 N–H and O–H groups in total. The average molecular weight is 299 g/mol. The molecule has 0 radical (unpaired) electrons. The first kappa shape index (κ1) is 14.4. The molecule has 3 rings (SSSR count). The highest BCUT2D eigenvalue weighted by Gasteiger charge is 2.09. The maximum Gasteiger partial charge on any atom is 0.114 e. The summed E-state index contributed by atoms with van der Waals surface area (Å²) < 4.78 is 1.89. The van der Waals surface area contributed by atoms with Gasteiger partial charge in [0.15, 0.2) is 0 Å². The van der Waals surface area contributed by atoms with E-state index in [0.717, 1.165) is 11.3 Å². The highest BCUT2D eigenvalue weighted by atomic mass is 15.5. The molecule has 0 aliphatic rings. The Morgan fingerprint density at radius 1 is 0.913 bits per heavy atom. The van der Waals surface area contributed by atoms with Crippen molar-refractivity contribution < 1.29 is 0 Å². The molecule has 1 heterocycles. The molecule has 0 aliphatic carbocycles. The average Bonchev–Trinajstić information content (AvgIpc) is 3.15. The molecule has 23 heavy (non-hydrogen) atoms. The van der Waals surface area contributed by atoms with Crippen molar-refractivity contribution in [3.05, 3.63) is 83.9 Å². The number of nitrogens with zero attached hydrogens (tertiary/aromatic N) is 5. The summed E-state index contributed by atoms with van der Waals surface area (Å²) in [5.74, 6) is 0. The predicted molar refractivity (Wildman–Crippen MR) is 86.1 cm³/mol. The third-order valence-electron chi connectivity index (χ3n) is 3.48. The third kappa shape index (κ3) is 3.20. The maximum absolute atomic E-state index is 8.93. The van der Waals surface area contributed by atoms with Crippen molar-refractivity contribution in [1.82, 2.24) is 9.66 Å². The zero-order chi connectivity index (χ0) is 16.1. The Bertz CT molecular complexity index is 850. The van der Waals surface area contributed by atoms with Gasteiger partial charge >= 0.3 is 0 Å². The van der Waals surface area contributed by atoms with Gasteiger partial charge in [0.25, 0.3) is 0 Å². The van der Waals surface area contributed by atoms with Crippen LogP contribution in [0.5, 0.6) is 0 Å². The molecule has 5 nitrogen and oxygen atoms in total. The van der Waals surface area contributed by atoms with E-state index in [4.69, 9.17) is 10.5 Å². The van der Waals surface area contributed by atoms with E-state index in [1.54, 1.807) is 36.8 Å². The maximum atomic E-state index is 8.93. The SMILES string of the molecule is N#Cc1ccc(CN(c2ccc(C#N)cc2)n2ccnc2)cc1. The van der Waals surface area contributed by atoms with Crippen LogP contribution in [-0.4, -0.2) is 9.66 Å². The van der Waals surface area contributed by atoms with Crippen LogP contribution in [0.4, 0.5) is 5.69 Å². The van der Waals surface area contributed by atoms with Crippen molar-refractivity contribution in [1.29, 1.82) is 10.5 Å². The smallest absolute Gasteiger partial charge is 0.114 e. The fraction of sp³-hybridized carbons (Fsp3) is 0.0556. The molecule has 0 amide bonds. The summed E-state index contributed by atoms with van der Waals surface area (Å²) in [6, 6.07) is 19.1. The number of hydrogen-bond donors (Lipinski definition) is 0. The van der Waals surface area contributed by atoms with Gasteiger partial charge in [0.2, 0.25) is 0 Å². The third-order valence-corrected chi connectivity index (χ3v) is 3.48. The Morgan fingerprint density at radius 3 is 2.04 bits per heavy atom. The van der Waals surface area contributed by atoms with E-state index in [9.17, 15) is 0 Å². The molecule has 2 aromatic carbocycles. The number of nitriles is 2. The Labute approximate surface area is 134 Å². The second-order valence-electron chi connectivity index (χ2n) is 4.97. The summed E-state index contributed by atoms with van der Waals surface area (Å²) in [6.45, 7) is 0.619. The van der Waals surface area contributed by atoms with Gasteiger partial charge < -0.3 is 0 Å². The molecule has 0 aliphatic heterocycles. The van der Waals surface area contributed by atoms with Crippen molar-refractivity contribution >= 4 is 5.69 Å². The first-order chi connectivity index (χ1) is 11.3. The molecular weight excluding hydrogens is 286 g/mol. The summed E-state index contributed by atoms with van der Waals surface area (Å²) in [4.78, 5) is 4.10. The number of imidazole rings is 1. The Balaban J connectivity index is 1.92. The molecule has 1 aromatic heterocycles. The second kappa shape index (κ2) is 6.46. The van der Waals surface area contributed by atoms with Crippen molar-refractivity contribution in [3.63, 3.8) is 0 Å². The lowest BCUT2D eigenvalue weighted by molar-refractivity contribution is 0.688. The van der Waals surface area contributed by atoms with Crippen LogP contribution in [0.15, 0.2) is 67.3 Å². The van der Waals surface area contributed by atoms with E-state index in [2.05, 4.69) is 17.1 Å². The molecule has 0 saturated carbocycles. The van der Waals surface area contributed by atoms with E-state index in [0.29, 0.717) is 17.7 Å². The fourth-order valence-corrected chi connectivity index (χ4v) is 2.27. The first-order valence-electron chi connectivity index (χ1n) is 7.05. The number of benzene rings is 2. The zero-order valence-corrected chi connectivity index (χ0v) is 12.3. The van der Waals surface area contributed by atoms with Crippen molar-refractivity contribution in [2.24, 2.45) is 0 Å². The molecule has 0 atom stereocenters. The molecule has 110 valence electrons. The lowest BCUT2D eigenvalue weighted by Gasteiger charge is -2.25. The lowest BCUT2D eigenvalue weighted by Crippen LogP contribution is -2.27. The zero-order valence-electron chi connectivity index (χ0n) is 12.3. The van der Waals surface area contributed by atoms with Crippen molar-refractivity contribution in [3.8, 4) is 12.1 Å². The van der Waals surface area contributed by atoms with Crippen LogP contribution in [0.25, 0.3) is 0 Å². The molecule has 3 aromatic rings. The molecule has 0 spiro atoms. The second-order valence-corrected chi connectivity index (χ2v) is 4.97. The molecule has 0 bridgehead atoms. The molecule has 0 saturated heterocycles. The molecular formula is C18H13N5. The highest BCUT2D eigenvalue weighted by Crippen LogP contribution is 2.19. The van der Waals surface area contributed by atoms with E-state index in [1.807, 2.05) is 40.1 Å². The van der Waals surface area contributed by atoms with Crippen molar-refractivity contribution in [2.75, 3.05) is 5.01 Å². The number of rotatable bonds is 4. The highest BCUT2D eigenvalue weighted by molar-refractivity contribution is 5.50. The minimum absolute atomic E-state index is 0.619. The summed E-state index contributed by atoms with van der Waals surface area (Å²) in [5, 5.41) is 19.9. The Kier molecular flexibility index (Phi) is 4.04. The molecule has 0 fully saturated rings. The van der Waals surface area contributed by atoms with Crippen LogP contribution in [0.1, 0.15) is 16.7 Å². The Morgan fingerprint density at radius 2 is 1.52 bits per heavy atom. The van der Waals surface area contributed by atoms with Crippen LogP contribution in [0.2, 0.25) is 0 Å². The number of aromatic nitrogens is 2. The van der Waals surface area contributed by atoms with Gasteiger partial charge in [0.1, 0.15) is 6.33 Å². The van der Waals surface area contributed by atoms with Gasteiger partial charge in [-0.3, -0.25) is 5.01 Å². The number of hydrogen-bond acceptors (Lipinski definition) is 4. The van der Waals surface area contributed by atoms with E-state index in [1.165, 1.54) is 0 Å². The molecule has 5 heteroatoms. The van der Waals surface area contributed by atoms with Crippen LogP contribution in [0.3, 0.4) is 0 Å². The summed E-state index contributed by atoms with van der Waals surface area (Å²) in [5.41, 5.74) is 3.28. The van der Waals surface area contributed by atoms with Gasteiger partial charge in [-0.25, -0.2) is 9.66 Å². The van der Waals surface area contributed by atoms with Gasteiger partial charge in [-0.05, 0) is 42.0 Å². The monoisotopic (exact) mass is 299 g/mol. The van der Waals surface area contributed by atoms with Gasteiger partial charge in [-0.15, -0.1) is 0 Å². The van der Waals surface area contributed by atoms with Gasteiger partial charge in [-0.1, -0.05) is 12.1 Å². The standard InChI is InChI=1S/C18H13N5/c19-11-15-1-3-17(4-2-15)13-23(22-10-9-21-14-22)18-7-5-16(12-20)6-8-18/h1-10,14H,13H2. The normalized spacial score (nSPS) is 9.83. The largest absolute Gasteiger partial charge is 0.276 e. The summed E-state index contributed by atoms with van der Waals surface area (Å²) in [7, 11) is 0. The van der Waals surface area contributed by atoms with Crippen LogP contribution in [0, 0.1) is 22.7 Å². The van der Waals surface area contributed by atoms with E-state index in [-0.39, 0.29) is 0 Å².